The van der Waals surface area contributed by atoms with Gasteiger partial charge in [-0.15, -0.1) is 0 Å². The Bertz CT molecular complexity index is 647. The maximum absolute atomic E-state index is 12.1. The molecule has 0 atom stereocenters. The summed E-state index contributed by atoms with van der Waals surface area (Å²) in [5, 5.41) is 3.91. The van der Waals surface area contributed by atoms with Gasteiger partial charge in [0.25, 0.3) is 0 Å². The summed E-state index contributed by atoms with van der Waals surface area (Å²) in [5.74, 6) is -0.0183. The summed E-state index contributed by atoms with van der Waals surface area (Å²) < 4.78 is 0. The van der Waals surface area contributed by atoms with Crippen LogP contribution in [0.3, 0.4) is 0 Å². The molecule has 0 spiro atoms. The molecule has 0 fully saturated rings. The number of hydrogen-bond acceptors (Lipinski definition) is 2. The summed E-state index contributed by atoms with van der Waals surface area (Å²) in [7, 11) is 0. The van der Waals surface area contributed by atoms with Gasteiger partial charge in [0.15, 0.2) is 5.78 Å². The van der Waals surface area contributed by atoms with Crippen molar-refractivity contribution in [3.63, 3.8) is 0 Å². The molecule has 0 aliphatic rings. The van der Waals surface area contributed by atoms with Crippen molar-refractivity contribution in [2.45, 2.75) is 13.8 Å². The summed E-state index contributed by atoms with van der Waals surface area (Å²) in [6.07, 6.45) is 1.59. The molecule has 3 heteroatoms. The van der Waals surface area contributed by atoms with Crippen molar-refractivity contribution >= 4 is 23.1 Å². The number of allylic oxidation sites excluding steroid dienone is 2. The van der Waals surface area contributed by atoms with Gasteiger partial charge in [-0.25, -0.2) is 0 Å². The zero-order chi connectivity index (χ0) is 14.5. The Morgan fingerprint density at radius 3 is 2.50 bits per heavy atom. The fourth-order valence-corrected chi connectivity index (χ4v) is 2.05. The molecule has 2 aromatic carbocycles. The van der Waals surface area contributed by atoms with Gasteiger partial charge in [0.2, 0.25) is 0 Å². The van der Waals surface area contributed by atoms with Crippen molar-refractivity contribution in [3.8, 4) is 0 Å². The van der Waals surface area contributed by atoms with Gasteiger partial charge in [-0.1, -0.05) is 48.0 Å². The second-order valence-electron chi connectivity index (χ2n) is 4.60. The van der Waals surface area contributed by atoms with E-state index >= 15 is 0 Å². The quantitative estimate of drug-likeness (QED) is 0.643. The van der Waals surface area contributed by atoms with Crippen LogP contribution in [0.15, 0.2) is 60.3 Å². The molecule has 0 saturated heterocycles. The van der Waals surface area contributed by atoms with E-state index in [1.165, 1.54) is 0 Å². The fourth-order valence-electron chi connectivity index (χ4n) is 1.87. The highest BCUT2D eigenvalue weighted by Crippen LogP contribution is 2.24. The van der Waals surface area contributed by atoms with Crippen molar-refractivity contribution in [2.75, 3.05) is 5.32 Å². The molecule has 0 heterocycles. The highest BCUT2D eigenvalue weighted by molar-refractivity contribution is 6.31. The fraction of sp³-hybridized carbons (Fsp3) is 0.118. The highest BCUT2D eigenvalue weighted by Gasteiger charge is 2.04. The van der Waals surface area contributed by atoms with Crippen LogP contribution >= 0.6 is 11.6 Å². The lowest BCUT2D eigenvalue weighted by atomic mass is 10.1. The number of halogens is 1. The lowest BCUT2D eigenvalue weighted by Crippen LogP contribution is -2.02. The number of carbonyl (C=O) groups excluding carboxylic acids is 1. The Morgan fingerprint density at radius 1 is 1.10 bits per heavy atom. The topological polar surface area (TPSA) is 29.1 Å². The lowest BCUT2D eigenvalue weighted by molar-refractivity contribution is 0.104. The number of rotatable bonds is 4. The van der Waals surface area contributed by atoms with E-state index in [0.29, 0.717) is 10.6 Å². The molecular weight excluding hydrogens is 270 g/mol. The molecule has 0 saturated carbocycles. The van der Waals surface area contributed by atoms with Crippen LogP contribution < -0.4 is 5.32 Å². The average molecular weight is 286 g/mol. The van der Waals surface area contributed by atoms with E-state index < -0.39 is 0 Å². The Hall–Kier alpha value is -2.06. The second kappa shape index (κ2) is 6.40. The highest BCUT2D eigenvalue weighted by atomic mass is 35.5. The molecule has 2 rings (SSSR count). The van der Waals surface area contributed by atoms with Crippen LogP contribution in [0.4, 0.5) is 5.69 Å². The van der Waals surface area contributed by atoms with Gasteiger partial charge in [0.1, 0.15) is 0 Å². The lowest BCUT2D eigenvalue weighted by Gasteiger charge is -2.10. The minimum atomic E-state index is -0.0183. The zero-order valence-corrected chi connectivity index (χ0v) is 12.2. The van der Waals surface area contributed by atoms with Crippen LogP contribution in [-0.2, 0) is 0 Å². The van der Waals surface area contributed by atoms with Crippen molar-refractivity contribution in [3.05, 3.63) is 76.5 Å². The van der Waals surface area contributed by atoms with Gasteiger partial charge in [0, 0.05) is 28.0 Å². The number of anilines is 1. The minimum Gasteiger partial charge on any atom is -0.359 e. The molecule has 0 aromatic heterocycles. The van der Waals surface area contributed by atoms with Crippen LogP contribution in [0.5, 0.6) is 0 Å². The molecule has 1 N–H and O–H groups in total. The van der Waals surface area contributed by atoms with E-state index in [9.17, 15) is 4.79 Å². The van der Waals surface area contributed by atoms with Gasteiger partial charge in [-0.2, -0.15) is 0 Å². The summed E-state index contributed by atoms with van der Waals surface area (Å²) in [4.78, 5) is 12.1. The first-order valence-corrected chi connectivity index (χ1v) is 6.75. The van der Waals surface area contributed by atoms with Crippen molar-refractivity contribution in [1.82, 2.24) is 0 Å². The molecular formula is C17H16ClNO. The molecule has 0 radical (unpaired) electrons. The Kier molecular flexibility index (Phi) is 4.59. The maximum Gasteiger partial charge on any atom is 0.187 e. The summed E-state index contributed by atoms with van der Waals surface area (Å²) in [6.45, 7) is 3.80. The van der Waals surface area contributed by atoms with Crippen molar-refractivity contribution in [1.29, 1.82) is 0 Å². The van der Waals surface area contributed by atoms with E-state index in [1.807, 2.05) is 50.2 Å². The van der Waals surface area contributed by atoms with E-state index in [-0.39, 0.29) is 5.78 Å². The van der Waals surface area contributed by atoms with Crippen LogP contribution in [0.1, 0.15) is 22.8 Å². The summed E-state index contributed by atoms with van der Waals surface area (Å²) in [6, 6.07) is 14.9. The van der Waals surface area contributed by atoms with E-state index in [4.69, 9.17) is 11.6 Å². The molecule has 102 valence electrons. The molecule has 2 aromatic rings. The number of benzene rings is 2. The predicted octanol–water partition coefficient (Wildman–Crippen LogP) is 4.85. The van der Waals surface area contributed by atoms with Gasteiger partial charge < -0.3 is 5.32 Å². The minimum absolute atomic E-state index is 0.0183. The second-order valence-corrected chi connectivity index (χ2v) is 5.00. The first kappa shape index (κ1) is 14.4. The summed E-state index contributed by atoms with van der Waals surface area (Å²) >= 11 is 6.07. The van der Waals surface area contributed by atoms with E-state index in [1.54, 1.807) is 18.2 Å². The van der Waals surface area contributed by atoms with Crippen LogP contribution in [0.2, 0.25) is 5.02 Å². The van der Waals surface area contributed by atoms with Crippen molar-refractivity contribution in [2.24, 2.45) is 0 Å². The van der Waals surface area contributed by atoms with Gasteiger partial charge >= 0.3 is 0 Å². The molecule has 20 heavy (non-hydrogen) atoms. The van der Waals surface area contributed by atoms with Gasteiger partial charge in [-0.3, -0.25) is 4.79 Å². The molecule has 0 amide bonds. The zero-order valence-electron chi connectivity index (χ0n) is 11.5. The Labute approximate surface area is 124 Å². The van der Waals surface area contributed by atoms with E-state index in [2.05, 4.69) is 5.32 Å². The van der Waals surface area contributed by atoms with Crippen LogP contribution in [-0.4, -0.2) is 5.78 Å². The third-order valence-corrected chi connectivity index (χ3v) is 3.41. The van der Waals surface area contributed by atoms with Gasteiger partial charge in [0.05, 0.1) is 0 Å². The largest absolute Gasteiger partial charge is 0.359 e. The number of ketones is 1. The Balaban J connectivity index is 2.16. The SMILES string of the molecule is CC(=CC(=O)c1ccccc1)Nc1cccc(Cl)c1C. The number of nitrogens with one attached hydrogen (secondary N) is 1. The number of carbonyl (C=O) groups is 1. The maximum atomic E-state index is 12.1. The third kappa shape index (κ3) is 3.49. The molecule has 2 nitrogen and oxygen atoms in total. The predicted molar refractivity (Wildman–Crippen MR) is 84.3 cm³/mol. The average Bonchev–Trinajstić information content (AvgIpc) is 2.45. The Morgan fingerprint density at radius 2 is 1.80 bits per heavy atom. The van der Waals surface area contributed by atoms with Gasteiger partial charge in [-0.05, 0) is 31.5 Å². The normalized spacial score (nSPS) is 11.2. The van der Waals surface area contributed by atoms with Crippen molar-refractivity contribution < 1.29 is 4.79 Å². The van der Waals surface area contributed by atoms with Crippen LogP contribution in [0, 0.1) is 6.92 Å². The molecule has 0 unspecified atom stereocenters. The smallest absolute Gasteiger partial charge is 0.187 e. The monoisotopic (exact) mass is 285 g/mol. The van der Waals surface area contributed by atoms with Crippen LogP contribution in [0.25, 0.3) is 0 Å². The number of hydrogen-bond donors (Lipinski definition) is 1. The standard InChI is InChI=1S/C17H16ClNO/c1-12(11-17(20)14-7-4-3-5-8-14)19-16-10-6-9-15(18)13(16)2/h3-11,19H,1-2H3. The van der Waals surface area contributed by atoms with E-state index in [0.717, 1.165) is 16.9 Å². The molecule has 0 bridgehead atoms. The first-order chi connectivity index (χ1) is 9.58. The summed E-state index contributed by atoms with van der Waals surface area (Å²) in [5.41, 5.74) is 3.34. The first-order valence-electron chi connectivity index (χ1n) is 6.38. The molecule has 0 aliphatic carbocycles. The molecule has 0 aliphatic heterocycles. The third-order valence-electron chi connectivity index (χ3n) is 3.01.